The predicted octanol–water partition coefficient (Wildman–Crippen LogP) is 3.12. The minimum Gasteiger partial charge on any atom is -0.383 e. The molecule has 98 valence electrons. The molecule has 0 spiro atoms. The first-order valence-corrected chi connectivity index (χ1v) is 5.70. The van der Waals surface area contributed by atoms with E-state index in [9.17, 15) is 13.2 Å². The zero-order valence-electron chi connectivity index (χ0n) is 10.2. The van der Waals surface area contributed by atoms with Gasteiger partial charge in [0.15, 0.2) is 0 Å². The molecule has 0 aliphatic rings. The minimum absolute atomic E-state index is 0.0995. The molecule has 0 saturated carbocycles. The normalized spacial score (nSPS) is 16.1. The van der Waals surface area contributed by atoms with Gasteiger partial charge in [-0.1, -0.05) is 6.92 Å². The van der Waals surface area contributed by atoms with Crippen molar-refractivity contribution in [3.05, 3.63) is 0 Å². The molecule has 0 saturated heterocycles. The molecule has 0 aliphatic heterocycles. The van der Waals surface area contributed by atoms with Crippen LogP contribution >= 0.6 is 0 Å². The van der Waals surface area contributed by atoms with E-state index < -0.39 is 12.6 Å². The van der Waals surface area contributed by atoms with Crippen molar-refractivity contribution in [1.29, 1.82) is 0 Å². The number of hydrogen-bond donors (Lipinski definition) is 1. The molecule has 2 nitrogen and oxygen atoms in total. The van der Waals surface area contributed by atoms with Crippen LogP contribution in [0.4, 0.5) is 13.2 Å². The maximum atomic E-state index is 11.9. The van der Waals surface area contributed by atoms with Crippen molar-refractivity contribution in [2.45, 2.75) is 57.8 Å². The van der Waals surface area contributed by atoms with Gasteiger partial charge in [-0.05, 0) is 26.2 Å². The van der Waals surface area contributed by atoms with Crippen LogP contribution in [0.15, 0.2) is 0 Å². The second-order valence-corrected chi connectivity index (χ2v) is 4.14. The van der Waals surface area contributed by atoms with Gasteiger partial charge in [-0.15, -0.1) is 0 Å². The second-order valence-electron chi connectivity index (χ2n) is 4.14. The Hall–Kier alpha value is -0.290. The average molecular weight is 241 g/mol. The van der Waals surface area contributed by atoms with E-state index in [1.807, 2.05) is 13.8 Å². The van der Waals surface area contributed by atoms with Crippen LogP contribution in [0.3, 0.4) is 0 Å². The van der Waals surface area contributed by atoms with E-state index in [2.05, 4.69) is 5.32 Å². The lowest BCUT2D eigenvalue weighted by molar-refractivity contribution is -0.135. The van der Waals surface area contributed by atoms with Crippen LogP contribution < -0.4 is 5.32 Å². The number of hydrogen-bond acceptors (Lipinski definition) is 2. The van der Waals surface area contributed by atoms with E-state index in [4.69, 9.17) is 4.74 Å². The third kappa shape index (κ3) is 8.97. The van der Waals surface area contributed by atoms with Crippen molar-refractivity contribution in [2.24, 2.45) is 0 Å². The summed E-state index contributed by atoms with van der Waals surface area (Å²) in [6.07, 6.45) is -3.09. The standard InChI is InChI=1S/C11H22F3NO/c1-4-10(8-16-3)15-9(2)6-5-7-11(12,13)14/h9-10,15H,4-8H2,1-3H3. The van der Waals surface area contributed by atoms with Gasteiger partial charge in [-0.2, -0.15) is 13.2 Å². The molecule has 0 radical (unpaired) electrons. The van der Waals surface area contributed by atoms with Gasteiger partial charge in [0.05, 0.1) is 6.61 Å². The third-order valence-corrected chi connectivity index (χ3v) is 2.48. The molecular weight excluding hydrogens is 219 g/mol. The van der Waals surface area contributed by atoms with E-state index in [0.29, 0.717) is 13.0 Å². The first-order valence-electron chi connectivity index (χ1n) is 5.70. The van der Waals surface area contributed by atoms with Crippen LogP contribution in [0.1, 0.15) is 39.5 Å². The van der Waals surface area contributed by atoms with Gasteiger partial charge in [0, 0.05) is 25.6 Å². The third-order valence-electron chi connectivity index (χ3n) is 2.48. The van der Waals surface area contributed by atoms with Crippen LogP contribution in [-0.2, 0) is 4.74 Å². The lowest BCUT2D eigenvalue weighted by Gasteiger charge is -2.21. The van der Waals surface area contributed by atoms with E-state index in [-0.39, 0.29) is 18.5 Å². The molecule has 0 bridgehead atoms. The summed E-state index contributed by atoms with van der Waals surface area (Å²) in [6.45, 7) is 4.54. The highest BCUT2D eigenvalue weighted by Crippen LogP contribution is 2.22. The number of rotatable bonds is 8. The van der Waals surface area contributed by atoms with Gasteiger partial charge in [0.2, 0.25) is 0 Å². The predicted molar refractivity (Wildman–Crippen MR) is 58.5 cm³/mol. The average Bonchev–Trinajstić information content (AvgIpc) is 2.15. The number of methoxy groups -OCH3 is 1. The van der Waals surface area contributed by atoms with Crippen molar-refractivity contribution in [1.82, 2.24) is 5.32 Å². The minimum atomic E-state index is -4.03. The zero-order chi connectivity index (χ0) is 12.6. The van der Waals surface area contributed by atoms with E-state index in [0.717, 1.165) is 6.42 Å². The molecule has 0 heterocycles. The summed E-state index contributed by atoms with van der Waals surface area (Å²) in [4.78, 5) is 0. The summed E-state index contributed by atoms with van der Waals surface area (Å²) in [7, 11) is 1.62. The van der Waals surface area contributed by atoms with Crippen LogP contribution in [0.2, 0.25) is 0 Å². The Morgan fingerprint density at radius 2 is 1.94 bits per heavy atom. The fraction of sp³-hybridized carbons (Fsp3) is 1.00. The molecule has 16 heavy (non-hydrogen) atoms. The largest absolute Gasteiger partial charge is 0.389 e. The Morgan fingerprint density at radius 3 is 2.38 bits per heavy atom. The molecule has 0 rings (SSSR count). The van der Waals surface area contributed by atoms with E-state index in [1.54, 1.807) is 7.11 Å². The second kappa shape index (κ2) is 7.90. The first-order chi connectivity index (χ1) is 7.39. The fourth-order valence-electron chi connectivity index (χ4n) is 1.58. The molecule has 2 atom stereocenters. The van der Waals surface area contributed by atoms with Crippen molar-refractivity contribution < 1.29 is 17.9 Å². The number of nitrogens with one attached hydrogen (secondary N) is 1. The van der Waals surface area contributed by atoms with Gasteiger partial charge >= 0.3 is 6.18 Å². The molecule has 0 fully saturated rings. The highest BCUT2D eigenvalue weighted by molar-refractivity contribution is 4.70. The number of ether oxygens (including phenoxy) is 1. The Kier molecular flexibility index (Phi) is 7.76. The summed E-state index contributed by atoms with van der Waals surface area (Å²) >= 11 is 0. The van der Waals surface area contributed by atoms with Crippen molar-refractivity contribution >= 4 is 0 Å². The van der Waals surface area contributed by atoms with Gasteiger partial charge < -0.3 is 10.1 Å². The summed E-state index contributed by atoms with van der Waals surface area (Å²) < 4.78 is 40.8. The van der Waals surface area contributed by atoms with Gasteiger partial charge in [0.1, 0.15) is 0 Å². The smallest absolute Gasteiger partial charge is 0.383 e. The molecule has 2 unspecified atom stereocenters. The molecule has 0 aromatic carbocycles. The summed E-state index contributed by atoms with van der Waals surface area (Å²) in [5.41, 5.74) is 0. The fourth-order valence-corrected chi connectivity index (χ4v) is 1.58. The highest BCUT2D eigenvalue weighted by atomic mass is 19.4. The Bertz CT molecular complexity index is 173. The Morgan fingerprint density at radius 1 is 1.31 bits per heavy atom. The summed E-state index contributed by atoms with van der Waals surface area (Å²) in [5.74, 6) is 0. The molecule has 1 N–H and O–H groups in total. The molecule has 0 amide bonds. The van der Waals surface area contributed by atoms with Crippen LogP contribution in [-0.4, -0.2) is 32.0 Å². The maximum absolute atomic E-state index is 11.9. The summed E-state index contributed by atoms with van der Waals surface area (Å²) in [5, 5.41) is 3.26. The lowest BCUT2D eigenvalue weighted by atomic mass is 10.1. The molecule has 5 heteroatoms. The first kappa shape index (κ1) is 15.7. The monoisotopic (exact) mass is 241 g/mol. The number of alkyl halides is 3. The van der Waals surface area contributed by atoms with Crippen molar-refractivity contribution in [3.63, 3.8) is 0 Å². The highest BCUT2D eigenvalue weighted by Gasteiger charge is 2.26. The van der Waals surface area contributed by atoms with E-state index >= 15 is 0 Å². The lowest BCUT2D eigenvalue weighted by Crippen LogP contribution is -2.39. The Balaban J connectivity index is 3.67. The molecule has 0 aromatic rings. The van der Waals surface area contributed by atoms with Gasteiger partial charge in [0.25, 0.3) is 0 Å². The van der Waals surface area contributed by atoms with Gasteiger partial charge in [-0.25, -0.2) is 0 Å². The van der Waals surface area contributed by atoms with Crippen LogP contribution in [0.5, 0.6) is 0 Å². The molecule has 0 aromatic heterocycles. The quantitative estimate of drug-likeness (QED) is 0.705. The maximum Gasteiger partial charge on any atom is 0.389 e. The zero-order valence-corrected chi connectivity index (χ0v) is 10.2. The van der Waals surface area contributed by atoms with Crippen LogP contribution in [0, 0.1) is 0 Å². The molecule has 0 aliphatic carbocycles. The number of halogens is 3. The van der Waals surface area contributed by atoms with Crippen LogP contribution in [0.25, 0.3) is 0 Å². The Labute approximate surface area is 95.5 Å². The topological polar surface area (TPSA) is 21.3 Å². The van der Waals surface area contributed by atoms with Crippen molar-refractivity contribution in [3.8, 4) is 0 Å². The van der Waals surface area contributed by atoms with Gasteiger partial charge in [-0.3, -0.25) is 0 Å². The summed E-state index contributed by atoms with van der Waals surface area (Å²) in [6, 6.07) is 0.327. The van der Waals surface area contributed by atoms with Crippen molar-refractivity contribution in [2.75, 3.05) is 13.7 Å². The SMILES string of the molecule is CCC(COC)NC(C)CCCC(F)(F)F. The molecular formula is C11H22F3NO. The van der Waals surface area contributed by atoms with E-state index in [1.165, 1.54) is 0 Å².